The number of aromatic nitrogens is 5. The van der Waals surface area contributed by atoms with E-state index in [0.29, 0.717) is 11.6 Å². The topological polar surface area (TPSA) is 68.8 Å². The number of para-hydroxylation sites is 1. The van der Waals surface area contributed by atoms with Gasteiger partial charge in [-0.05, 0) is 30.9 Å². The quantitative estimate of drug-likeness (QED) is 0.698. The molecule has 1 fully saturated rings. The Morgan fingerprint density at radius 3 is 2.70 bits per heavy atom. The van der Waals surface area contributed by atoms with Crippen molar-refractivity contribution in [3.05, 3.63) is 60.4 Å². The molecule has 1 aliphatic rings. The lowest BCUT2D eigenvalue weighted by Crippen LogP contribution is -2.39. The lowest BCUT2D eigenvalue weighted by Gasteiger charge is -2.31. The molecule has 3 aromatic rings. The number of aryl methyl sites for hydroxylation is 1. The fourth-order valence-corrected chi connectivity index (χ4v) is 3.63. The van der Waals surface area contributed by atoms with Crippen molar-refractivity contribution in [2.75, 3.05) is 13.1 Å². The molecular formula is C20H24N6O. The number of piperidine rings is 1. The standard InChI is InChI=1S/C20H24N6O/c1-2-19-21-10-13-25(19)15-16-8-11-24(12-9-16)20(27)18-14-22-26(23-18)17-6-4-3-5-7-17/h3-7,10,13-14,16H,2,8-9,11-12,15H2,1H3. The first kappa shape index (κ1) is 17.5. The Morgan fingerprint density at radius 1 is 1.19 bits per heavy atom. The van der Waals surface area contributed by atoms with E-state index in [9.17, 15) is 4.79 Å². The summed E-state index contributed by atoms with van der Waals surface area (Å²) >= 11 is 0. The lowest BCUT2D eigenvalue weighted by molar-refractivity contribution is 0.0676. The largest absolute Gasteiger partial charge is 0.337 e. The maximum Gasteiger partial charge on any atom is 0.276 e. The van der Waals surface area contributed by atoms with Crippen molar-refractivity contribution in [2.24, 2.45) is 5.92 Å². The number of carbonyl (C=O) groups excluding carboxylic acids is 1. The molecule has 1 amide bonds. The first-order chi connectivity index (χ1) is 13.2. The van der Waals surface area contributed by atoms with Gasteiger partial charge in [-0.1, -0.05) is 25.1 Å². The second-order valence-electron chi connectivity index (χ2n) is 6.94. The molecule has 3 heterocycles. The maximum atomic E-state index is 12.8. The number of amides is 1. The van der Waals surface area contributed by atoms with E-state index in [0.717, 1.165) is 50.4 Å². The normalized spacial score (nSPS) is 15.2. The van der Waals surface area contributed by atoms with Crippen LogP contribution in [-0.4, -0.2) is 48.4 Å². The van der Waals surface area contributed by atoms with Crippen LogP contribution < -0.4 is 0 Å². The number of rotatable bonds is 5. The Balaban J connectivity index is 1.36. The van der Waals surface area contributed by atoms with Crippen molar-refractivity contribution in [3.63, 3.8) is 0 Å². The van der Waals surface area contributed by atoms with Crippen LogP contribution in [0.5, 0.6) is 0 Å². The second-order valence-corrected chi connectivity index (χ2v) is 6.94. The minimum Gasteiger partial charge on any atom is -0.337 e. The van der Waals surface area contributed by atoms with Crippen LogP contribution in [0, 0.1) is 5.92 Å². The van der Waals surface area contributed by atoms with Crippen LogP contribution in [0.15, 0.2) is 48.9 Å². The maximum absolute atomic E-state index is 12.8. The Bertz CT molecular complexity index is 892. The first-order valence-corrected chi connectivity index (χ1v) is 9.51. The molecule has 0 atom stereocenters. The highest BCUT2D eigenvalue weighted by Crippen LogP contribution is 2.21. The van der Waals surface area contributed by atoms with Gasteiger partial charge in [-0.3, -0.25) is 4.79 Å². The van der Waals surface area contributed by atoms with Gasteiger partial charge < -0.3 is 9.47 Å². The van der Waals surface area contributed by atoms with Gasteiger partial charge in [0.1, 0.15) is 5.82 Å². The Labute approximate surface area is 158 Å². The number of hydrogen-bond donors (Lipinski definition) is 0. The number of hydrogen-bond acceptors (Lipinski definition) is 4. The molecule has 7 heteroatoms. The molecule has 0 bridgehead atoms. The van der Waals surface area contributed by atoms with Gasteiger partial charge in [-0.15, -0.1) is 5.10 Å². The van der Waals surface area contributed by atoms with Crippen LogP contribution >= 0.6 is 0 Å². The summed E-state index contributed by atoms with van der Waals surface area (Å²) in [5.74, 6) is 1.67. The van der Waals surface area contributed by atoms with Crippen LogP contribution in [0.25, 0.3) is 5.69 Å². The van der Waals surface area contributed by atoms with Gasteiger partial charge in [-0.25, -0.2) is 4.98 Å². The van der Waals surface area contributed by atoms with Gasteiger partial charge in [0.2, 0.25) is 0 Å². The van der Waals surface area contributed by atoms with Crippen LogP contribution in [0.1, 0.15) is 36.1 Å². The molecule has 4 rings (SSSR count). The molecule has 0 unspecified atom stereocenters. The molecule has 140 valence electrons. The summed E-state index contributed by atoms with van der Waals surface area (Å²) in [6, 6.07) is 9.63. The minimum atomic E-state index is -0.0347. The van der Waals surface area contributed by atoms with Gasteiger partial charge in [0.25, 0.3) is 5.91 Å². The van der Waals surface area contributed by atoms with E-state index < -0.39 is 0 Å². The lowest BCUT2D eigenvalue weighted by atomic mass is 9.96. The van der Waals surface area contributed by atoms with Crippen molar-refractivity contribution < 1.29 is 4.79 Å². The minimum absolute atomic E-state index is 0.0347. The third-order valence-electron chi connectivity index (χ3n) is 5.17. The first-order valence-electron chi connectivity index (χ1n) is 9.51. The number of carbonyl (C=O) groups is 1. The number of nitrogens with zero attached hydrogens (tertiary/aromatic N) is 6. The second kappa shape index (κ2) is 7.73. The van der Waals surface area contributed by atoms with Crippen LogP contribution in [-0.2, 0) is 13.0 Å². The summed E-state index contributed by atoms with van der Waals surface area (Å²) in [7, 11) is 0. The number of imidazole rings is 1. The average molecular weight is 364 g/mol. The van der Waals surface area contributed by atoms with Crippen LogP contribution in [0.3, 0.4) is 0 Å². The van der Waals surface area contributed by atoms with E-state index in [1.807, 2.05) is 41.4 Å². The Hall–Kier alpha value is -2.96. The summed E-state index contributed by atoms with van der Waals surface area (Å²) < 4.78 is 2.24. The summed E-state index contributed by atoms with van der Waals surface area (Å²) in [4.78, 5) is 20.6. The van der Waals surface area contributed by atoms with E-state index in [1.165, 1.54) is 4.80 Å². The van der Waals surface area contributed by atoms with E-state index in [4.69, 9.17) is 0 Å². The van der Waals surface area contributed by atoms with E-state index >= 15 is 0 Å². The Kier molecular flexibility index (Phi) is 5.00. The monoisotopic (exact) mass is 364 g/mol. The smallest absolute Gasteiger partial charge is 0.276 e. The third-order valence-corrected chi connectivity index (χ3v) is 5.17. The molecule has 0 spiro atoms. The molecule has 2 aromatic heterocycles. The molecule has 0 saturated carbocycles. The molecule has 0 aliphatic carbocycles. The van der Waals surface area contributed by atoms with E-state index in [1.54, 1.807) is 6.20 Å². The van der Waals surface area contributed by atoms with Crippen LogP contribution in [0.4, 0.5) is 0 Å². The number of likely N-dealkylation sites (tertiary alicyclic amines) is 1. The zero-order valence-electron chi connectivity index (χ0n) is 15.5. The van der Waals surface area contributed by atoms with Crippen molar-refractivity contribution in [2.45, 2.75) is 32.7 Å². The molecular weight excluding hydrogens is 340 g/mol. The van der Waals surface area contributed by atoms with Gasteiger partial charge in [-0.2, -0.15) is 9.90 Å². The highest BCUT2D eigenvalue weighted by atomic mass is 16.2. The van der Waals surface area contributed by atoms with Gasteiger partial charge in [0, 0.05) is 38.4 Å². The molecule has 1 saturated heterocycles. The average Bonchev–Trinajstić information content (AvgIpc) is 3.38. The number of benzene rings is 1. The molecule has 0 N–H and O–H groups in total. The molecule has 7 nitrogen and oxygen atoms in total. The van der Waals surface area contributed by atoms with Crippen molar-refractivity contribution >= 4 is 5.91 Å². The zero-order chi connectivity index (χ0) is 18.6. The van der Waals surface area contributed by atoms with Crippen LogP contribution in [0.2, 0.25) is 0 Å². The summed E-state index contributed by atoms with van der Waals surface area (Å²) in [6.45, 7) is 4.63. The molecule has 0 radical (unpaired) electrons. The van der Waals surface area contributed by atoms with Crippen molar-refractivity contribution in [1.29, 1.82) is 0 Å². The third kappa shape index (κ3) is 3.77. The fourth-order valence-electron chi connectivity index (χ4n) is 3.63. The predicted octanol–water partition coefficient (Wildman–Crippen LogP) is 2.58. The Morgan fingerprint density at radius 2 is 1.96 bits per heavy atom. The van der Waals surface area contributed by atoms with Gasteiger partial charge in [0.15, 0.2) is 5.69 Å². The highest BCUT2D eigenvalue weighted by Gasteiger charge is 2.26. The van der Waals surface area contributed by atoms with Gasteiger partial charge in [0.05, 0.1) is 11.9 Å². The highest BCUT2D eigenvalue weighted by molar-refractivity contribution is 5.92. The summed E-state index contributed by atoms with van der Waals surface area (Å²) in [5.41, 5.74) is 1.25. The summed E-state index contributed by atoms with van der Waals surface area (Å²) in [6.07, 6.45) is 8.42. The molecule has 1 aromatic carbocycles. The van der Waals surface area contributed by atoms with Gasteiger partial charge >= 0.3 is 0 Å². The zero-order valence-corrected chi connectivity index (χ0v) is 15.5. The molecule has 27 heavy (non-hydrogen) atoms. The van der Waals surface area contributed by atoms with Crippen molar-refractivity contribution in [1.82, 2.24) is 29.4 Å². The van der Waals surface area contributed by atoms with Crippen molar-refractivity contribution in [3.8, 4) is 5.69 Å². The SMILES string of the molecule is CCc1nccn1CC1CCN(C(=O)c2cnn(-c3ccccc3)n2)CC1. The summed E-state index contributed by atoms with van der Waals surface area (Å²) in [5, 5.41) is 8.59. The molecule has 1 aliphatic heterocycles. The van der Waals surface area contributed by atoms with E-state index in [-0.39, 0.29) is 5.91 Å². The fraction of sp³-hybridized carbons (Fsp3) is 0.400. The van der Waals surface area contributed by atoms with E-state index in [2.05, 4.69) is 32.9 Å². The predicted molar refractivity (Wildman–Crippen MR) is 102 cm³/mol.